The van der Waals surface area contributed by atoms with E-state index in [0.29, 0.717) is 6.04 Å². The Hall–Kier alpha value is -0.120. The Morgan fingerprint density at radius 1 is 1.15 bits per heavy atom. The van der Waals surface area contributed by atoms with Gasteiger partial charge in [0.25, 0.3) is 0 Å². The zero-order valence-electron chi connectivity index (χ0n) is 13.7. The first-order chi connectivity index (χ1) is 9.59. The molecule has 1 aliphatic heterocycles. The second-order valence-corrected chi connectivity index (χ2v) is 7.32. The van der Waals surface area contributed by atoms with Crippen molar-refractivity contribution < 1.29 is 4.74 Å². The molecule has 118 valence electrons. The molecule has 0 aromatic carbocycles. The molecule has 0 amide bonds. The van der Waals surface area contributed by atoms with Gasteiger partial charge in [0.2, 0.25) is 0 Å². The van der Waals surface area contributed by atoms with E-state index in [1.807, 2.05) is 0 Å². The van der Waals surface area contributed by atoms with Crippen LogP contribution in [0.15, 0.2) is 0 Å². The topological polar surface area (TPSA) is 38.5 Å². The Morgan fingerprint density at radius 2 is 1.85 bits per heavy atom. The zero-order chi connectivity index (χ0) is 14.6. The van der Waals surface area contributed by atoms with E-state index >= 15 is 0 Å². The maximum atomic E-state index is 6.26. The van der Waals surface area contributed by atoms with Gasteiger partial charge in [0, 0.05) is 31.3 Å². The first kappa shape index (κ1) is 16.3. The number of rotatable bonds is 4. The summed E-state index contributed by atoms with van der Waals surface area (Å²) in [6, 6.07) is 0.669. The lowest BCUT2D eigenvalue weighted by atomic mass is 9.84. The minimum Gasteiger partial charge on any atom is -0.381 e. The molecule has 0 radical (unpaired) electrons. The molecular formula is C17H34N2O. The summed E-state index contributed by atoms with van der Waals surface area (Å²) in [4.78, 5) is 2.64. The summed E-state index contributed by atoms with van der Waals surface area (Å²) >= 11 is 0. The number of ether oxygens (including phenoxy) is 1. The smallest absolute Gasteiger partial charge is 0.0480 e. The zero-order valence-corrected chi connectivity index (χ0v) is 13.7. The quantitative estimate of drug-likeness (QED) is 0.806. The van der Waals surface area contributed by atoms with Crippen molar-refractivity contribution >= 4 is 0 Å². The van der Waals surface area contributed by atoms with Crippen molar-refractivity contribution in [1.29, 1.82) is 0 Å². The lowest BCUT2D eigenvalue weighted by molar-refractivity contribution is -0.00823. The van der Waals surface area contributed by atoms with Gasteiger partial charge in [-0.1, -0.05) is 26.7 Å². The Kier molecular flexibility index (Phi) is 5.88. The molecule has 2 N–H and O–H groups in total. The summed E-state index contributed by atoms with van der Waals surface area (Å²) in [5.74, 6) is 1.71. The molecule has 0 spiro atoms. The van der Waals surface area contributed by atoms with Crippen LogP contribution in [0.5, 0.6) is 0 Å². The van der Waals surface area contributed by atoms with Crippen LogP contribution in [0.4, 0.5) is 0 Å². The highest BCUT2D eigenvalue weighted by atomic mass is 16.5. The second-order valence-electron chi connectivity index (χ2n) is 7.32. The number of nitrogens with zero attached hydrogens (tertiary/aromatic N) is 1. The Balaban J connectivity index is 2.03. The van der Waals surface area contributed by atoms with Gasteiger partial charge >= 0.3 is 0 Å². The lowest BCUT2D eigenvalue weighted by Crippen LogP contribution is -2.56. The Labute approximate surface area is 125 Å². The maximum Gasteiger partial charge on any atom is 0.0480 e. The van der Waals surface area contributed by atoms with Gasteiger partial charge in [0.15, 0.2) is 0 Å². The predicted octanol–water partition coefficient (Wildman–Crippen LogP) is 3.03. The average molecular weight is 282 g/mol. The predicted molar refractivity (Wildman–Crippen MR) is 84.8 cm³/mol. The minimum absolute atomic E-state index is 0.242. The standard InChI is InChI=1S/C17H34N2O/c1-14(2)15-5-4-9-17(13-18,10-6-15)19(3)16-7-11-20-12-8-16/h14-16H,4-13,18H2,1-3H3. The molecule has 2 unspecified atom stereocenters. The van der Waals surface area contributed by atoms with Gasteiger partial charge in [-0.3, -0.25) is 4.90 Å². The molecule has 3 nitrogen and oxygen atoms in total. The van der Waals surface area contributed by atoms with Crippen molar-refractivity contribution in [2.75, 3.05) is 26.8 Å². The van der Waals surface area contributed by atoms with Crippen LogP contribution < -0.4 is 5.73 Å². The van der Waals surface area contributed by atoms with Crippen LogP contribution in [0.1, 0.15) is 58.8 Å². The van der Waals surface area contributed by atoms with E-state index in [1.54, 1.807) is 0 Å². The van der Waals surface area contributed by atoms with Crippen molar-refractivity contribution in [3.63, 3.8) is 0 Å². The normalized spacial score (nSPS) is 33.6. The fraction of sp³-hybridized carbons (Fsp3) is 1.00. The van der Waals surface area contributed by atoms with Crippen molar-refractivity contribution in [3.05, 3.63) is 0 Å². The number of hydrogen-bond acceptors (Lipinski definition) is 3. The Morgan fingerprint density at radius 3 is 2.45 bits per heavy atom. The van der Waals surface area contributed by atoms with Crippen LogP contribution in [0.2, 0.25) is 0 Å². The van der Waals surface area contributed by atoms with Gasteiger partial charge in [-0.15, -0.1) is 0 Å². The summed E-state index contributed by atoms with van der Waals surface area (Å²) in [5, 5.41) is 0. The lowest BCUT2D eigenvalue weighted by Gasteiger charge is -2.46. The largest absolute Gasteiger partial charge is 0.381 e. The summed E-state index contributed by atoms with van der Waals surface area (Å²) < 4.78 is 5.52. The number of nitrogens with two attached hydrogens (primary N) is 1. The summed E-state index contributed by atoms with van der Waals surface area (Å²) in [6.07, 6.45) is 8.98. The van der Waals surface area contributed by atoms with Crippen LogP contribution in [0.3, 0.4) is 0 Å². The van der Waals surface area contributed by atoms with E-state index < -0.39 is 0 Å². The van der Waals surface area contributed by atoms with E-state index in [9.17, 15) is 0 Å². The third-order valence-corrected chi connectivity index (χ3v) is 6.01. The van der Waals surface area contributed by atoms with Crippen LogP contribution in [0.25, 0.3) is 0 Å². The van der Waals surface area contributed by atoms with E-state index in [4.69, 9.17) is 10.5 Å². The molecule has 0 aromatic rings. The molecule has 20 heavy (non-hydrogen) atoms. The van der Waals surface area contributed by atoms with E-state index in [2.05, 4.69) is 25.8 Å². The monoisotopic (exact) mass is 282 g/mol. The molecule has 3 heteroatoms. The molecule has 1 aliphatic carbocycles. The van der Waals surface area contributed by atoms with Gasteiger partial charge in [-0.25, -0.2) is 0 Å². The van der Waals surface area contributed by atoms with Gasteiger partial charge in [0.1, 0.15) is 0 Å². The van der Waals surface area contributed by atoms with Crippen molar-refractivity contribution in [2.24, 2.45) is 17.6 Å². The molecule has 0 bridgehead atoms. The first-order valence-corrected chi connectivity index (χ1v) is 8.60. The number of hydrogen-bond donors (Lipinski definition) is 1. The maximum absolute atomic E-state index is 6.26. The second kappa shape index (κ2) is 7.24. The highest BCUT2D eigenvalue weighted by molar-refractivity contribution is 4.96. The molecule has 2 fully saturated rings. The first-order valence-electron chi connectivity index (χ1n) is 8.60. The SMILES string of the molecule is CC(C)C1CCCC(CN)(N(C)C2CCOCC2)CC1. The molecule has 1 saturated carbocycles. The third-order valence-electron chi connectivity index (χ3n) is 6.01. The van der Waals surface area contributed by atoms with Crippen molar-refractivity contribution in [2.45, 2.75) is 70.4 Å². The molecule has 1 heterocycles. The summed E-state index contributed by atoms with van der Waals surface area (Å²) in [7, 11) is 2.32. The molecular weight excluding hydrogens is 248 g/mol. The van der Waals surface area contributed by atoms with E-state index in [0.717, 1.165) is 31.6 Å². The molecule has 2 atom stereocenters. The highest BCUT2D eigenvalue weighted by Gasteiger charge is 2.39. The van der Waals surface area contributed by atoms with Crippen molar-refractivity contribution in [3.8, 4) is 0 Å². The van der Waals surface area contributed by atoms with Crippen LogP contribution in [0, 0.1) is 11.8 Å². The van der Waals surface area contributed by atoms with Gasteiger partial charge in [-0.05, 0) is 51.0 Å². The van der Waals surface area contributed by atoms with Crippen LogP contribution in [-0.2, 0) is 4.74 Å². The number of likely N-dealkylation sites (N-methyl/N-ethyl adjacent to an activating group) is 1. The minimum atomic E-state index is 0.242. The fourth-order valence-corrected chi connectivity index (χ4v) is 4.24. The van der Waals surface area contributed by atoms with Crippen LogP contribution in [-0.4, -0.2) is 43.3 Å². The van der Waals surface area contributed by atoms with E-state index in [1.165, 1.54) is 44.9 Å². The third kappa shape index (κ3) is 3.55. The molecule has 1 saturated heterocycles. The molecule has 2 rings (SSSR count). The fourth-order valence-electron chi connectivity index (χ4n) is 4.24. The molecule has 2 aliphatic rings. The highest BCUT2D eigenvalue weighted by Crippen LogP contribution is 2.38. The summed E-state index contributed by atoms with van der Waals surface area (Å²) in [5.41, 5.74) is 6.51. The van der Waals surface area contributed by atoms with Gasteiger partial charge < -0.3 is 10.5 Å². The van der Waals surface area contributed by atoms with E-state index in [-0.39, 0.29) is 5.54 Å². The van der Waals surface area contributed by atoms with Crippen molar-refractivity contribution in [1.82, 2.24) is 4.90 Å². The van der Waals surface area contributed by atoms with Gasteiger partial charge in [-0.2, -0.15) is 0 Å². The van der Waals surface area contributed by atoms with Crippen LogP contribution >= 0.6 is 0 Å². The Bertz CT molecular complexity index is 289. The van der Waals surface area contributed by atoms with Gasteiger partial charge in [0.05, 0.1) is 0 Å². The average Bonchev–Trinajstić information content (AvgIpc) is 2.71. The molecule has 0 aromatic heterocycles. The summed E-state index contributed by atoms with van der Waals surface area (Å²) in [6.45, 7) is 7.41.